The maximum atomic E-state index is 13.5. The van der Waals surface area contributed by atoms with Gasteiger partial charge < -0.3 is 25.6 Å². The quantitative estimate of drug-likeness (QED) is 0.200. The Hall–Kier alpha value is -2.04. The van der Waals surface area contributed by atoms with Crippen molar-refractivity contribution in [3.8, 4) is 0 Å². The van der Waals surface area contributed by atoms with Gasteiger partial charge in [0, 0.05) is 16.4 Å². The molecule has 4 N–H and O–H groups in total. The number of carboxylic acid groups (broad SMARTS) is 1. The number of ether oxygens (including phenoxy) is 2. The molecule has 288 valence electrons. The standard InChI is InChI=1S/C41H70N6O4/c1-24(2)20-43-40(12,26(5)6)22-51-33-30(47-45-35(42)44-46-47)19-41-23-50-21-37(33,9)31(41)14-13-28-29(41)15-16-39(11)32(34(48)49)36(8,27(7)25(3)4)17-18-38(28,39)10/h15,24-28,30-33,43H,13-14,16-23H2,1-12H3,(H2,42,45)(H,48,49)/t27-,28+,30-,31+,32-,33+,36-,37+,38-,39+,40-,41?/m1/s1. The minimum atomic E-state index is -0.625. The number of nitrogens with one attached hydrogen (secondary N) is 1. The summed E-state index contributed by atoms with van der Waals surface area (Å²) < 4.78 is 14.0. The Labute approximate surface area is 307 Å². The number of carbonyl (C=O) groups is 1. The van der Waals surface area contributed by atoms with Crippen molar-refractivity contribution in [2.75, 3.05) is 32.1 Å². The van der Waals surface area contributed by atoms with Crippen LogP contribution in [-0.2, 0) is 14.3 Å². The highest BCUT2D eigenvalue weighted by Gasteiger charge is 2.72. The van der Waals surface area contributed by atoms with Gasteiger partial charge >= 0.3 is 5.97 Å². The number of nitrogens with zero attached hydrogens (tertiary/aromatic N) is 4. The molecular formula is C41H70N6O4. The van der Waals surface area contributed by atoms with Crippen LogP contribution in [0.25, 0.3) is 0 Å². The van der Waals surface area contributed by atoms with Crippen molar-refractivity contribution in [3.63, 3.8) is 0 Å². The number of rotatable bonds is 11. The fourth-order valence-corrected chi connectivity index (χ4v) is 12.6. The van der Waals surface area contributed by atoms with Crippen molar-refractivity contribution in [1.82, 2.24) is 25.5 Å². The highest BCUT2D eigenvalue weighted by molar-refractivity contribution is 5.73. The Morgan fingerprint density at radius 1 is 1.10 bits per heavy atom. The van der Waals surface area contributed by atoms with E-state index in [0.717, 1.165) is 45.1 Å². The number of carboxylic acids is 1. The molecule has 1 unspecified atom stereocenters. The van der Waals surface area contributed by atoms with Gasteiger partial charge in [-0.15, -0.1) is 5.10 Å². The third-order valence-electron chi connectivity index (χ3n) is 16.6. The molecule has 10 heteroatoms. The molecule has 4 fully saturated rings. The molecule has 3 saturated carbocycles. The van der Waals surface area contributed by atoms with Crippen LogP contribution >= 0.6 is 0 Å². The lowest BCUT2D eigenvalue weighted by Gasteiger charge is -2.71. The topological polar surface area (TPSA) is 137 Å². The highest BCUT2D eigenvalue weighted by atomic mass is 16.5. The Kier molecular flexibility index (Phi) is 9.91. The number of allylic oxidation sites excluding steroid dienone is 1. The second-order valence-corrected chi connectivity index (χ2v) is 20.2. The van der Waals surface area contributed by atoms with Crippen LogP contribution in [0.15, 0.2) is 11.6 Å². The van der Waals surface area contributed by atoms with E-state index in [-0.39, 0.29) is 56.6 Å². The fraction of sp³-hybridized carbons (Fsp3) is 0.902. The lowest BCUT2D eigenvalue weighted by molar-refractivity contribution is -0.254. The number of tetrazole rings is 1. The van der Waals surface area contributed by atoms with Crippen molar-refractivity contribution in [2.45, 2.75) is 139 Å². The van der Waals surface area contributed by atoms with Crippen LogP contribution in [0.3, 0.4) is 0 Å². The molecule has 4 aliphatic carbocycles. The van der Waals surface area contributed by atoms with E-state index in [4.69, 9.17) is 15.2 Å². The molecule has 1 aromatic rings. The molecule has 2 heterocycles. The van der Waals surface area contributed by atoms with Gasteiger partial charge in [0.1, 0.15) is 6.04 Å². The minimum absolute atomic E-state index is 0.149. The number of hydrogen-bond donors (Lipinski definition) is 3. The minimum Gasteiger partial charge on any atom is -0.481 e. The molecule has 0 spiro atoms. The SMILES string of the molecule is CC(C)CN[C@](C)(CO[C@H]1[C@H](n2nnc(N)n2)CC23COC[C@@]1(C)[C@@H]2CC[C@H]1C3=CC[C@@]2(C)[C@H](C(=O)O)[C@@](C)([C@H](C)C(C)C)CC[C@]12C)C(C)C. The number of fused-ring (bicyclic) bond motifs is 3. The largest absolute Gasteiger partial charge is 0.481 e. The van der Waals surface area contributed by atoms with E-state index in [1.807, 2.05) is 0 Å². The van der Waals surface area contributed by atoms with Gasteiger partial charge in [0.2, 0.25) is 0 Å². The van der Waals surface area contributed by atoms with Gasteiger partial charge in [-0.05, 0) is 109 Å². The van der Waals surface area contributed by atoms with Crippen LogP contribution in [0.4, 0.5) is 5.95 Å². The number of hydrogen-bond acceptors (Lipinski definition) is 8. The van der Waals surface area contributed by atoms with E-state index in [2.05, 4.69) is 110 Å². The van der Waals surface area contributed by atoms with Gasteiger partial charge in [0.05, 0.1) is 31.8 Å². The van der Waals surface area contributed by atoms with Crippen LogP contribution in [0.2, 0.25) is 0 Å². The summed E-state index contributed by atoms with van der Waals surface area (Å²) >= 11 is 0. The van der Waals surface area contributed by atoms with Gasteiger partial charge in [0.25, 0.3) is 5.95 Å². The maximum Gasteiger partial charge on any atom is 0.307 e. The summed E-state index contributed by atoms with van der Waals surface area (Å²) in [4.78, 5) is 15.2. The van der Waals surface area contributed by atoms with E-state index in [1.54, 1.807) is 4.80 Å². The summed E-state index contributed by atoms with van der Waals surface area (Å²) in [5.74, 6) is 1.40. The molecule has 12 atom stereocenters. The van der Waals surface area contributed by atoms with Crippen molar-refractivity contribution in [2.24, 2.45) is 68.5 Å². The van der Waals surface area contributed by atoms with E-state index < -0.39 is 11.9 Å². The van der Waals surface area contributed by atoms with Crippen LogP contribution in [0.5, 0.6) is 0 Å². The van der Waals surface area contributed by atoms with Gasteiger partial charge in [-0.1, -0.05) is 92.9 Å². The molecule has 0 amide bonds. The number of aliphatic carboxylic acids is 1. The number of nitrogen functional groups attached to an aromatic ring is 1. The molecule has 0 aromatic carbocycles. The first-order valence-corrected chi connectivity index (χ1v) is 20.1. The van der Waals surface area contributed by atoms with Gasteiger partial charge in [-0.25, -0.2) is 0 Å². The lowest BCUT2D eigenvalue weighted by atomic mass is 9.34. The van der Waals surface area contributed by atoms with Gasteiger partial charge in [-0.3, -0.25) is 4.79 Å². The summed E-state index contributed by atoms with van der Waals surface area (Å²) in [5, 5.41) is 28.2. The maximum absolute atomic E-state index is 13.5. The van der Waals surface area contributed by atoms with E-state index in [0.29, 0.717) is 49.4 Å². The monoisotopic (exact) mass is 711 g/mol. The first kappa shape index (κ1) is 38.7. The molecule has 0 radical (unpaired) electrons. The van der Waals surface area contributed by atoms with Crippen molar-refractivity contribution >= 4 is 11.9 Å². The normalized spacial score (nSPS) is 42.5. The van der Waals surface area contributed by atoms with Crippen molar-refractivity contribution in [1.29, 1.82) is 0 Å². The van der Waals surface area contributed by atoms with Crippen LogP contribution in [0, 0.1) is 68.5 Å². The molecule has 10 nitrogen and oxygen atoms in total. The van der Waals surface area contributed by atoms with Crippen molar-refractivity contribution in [3.05, 3.63) is 11.6 Å². The average molecular weight is 711 g/mol. The van der Waals surface area contributed by atoms with E-state index in [9.17, 15) is 9.90 Å². The van der Waals surface area contributed by atoms with E-state index >= 15 is 0 Å². The summed E-state index contributed by atoms with van der Waals surface area (Å²) in [7, 11) is 0. The zero-order chi connectivity index (χ0) is 37.5. The van der Waals surface area contributed by atoms with Crippen LogP contribution in [0.1, 0.15) is 128 Å². The van der Waals surface area contributed by atoms with Crippen molar-refractivity contribution < 1.29 is 19.4 Å². The molecule has 1 saturated heterocycles. The molecule has 51 heavy (non-hydrogen) atoms. The predicted octanol–water partition coefficient (Wildman–Crippen LogP) is 7.43. The smallest absolute Gasteiger partial charge is 0.307 e. The Balaban J connectivity index is 1.42. The Bertz CT molecular complexity index is 1490. The molecule has 5 aliphatic rings. The fourth-order valence-electron chi connectivity index (χ4n) is 12.6. The van der Waals surface area contributed by atoms with Gasteiger partial charge in [-0.2, -0.15) is 4.80 Å². The molecule has 1 aromatic heterocycles. The third-order valence-corrected chi connectivity index (χ3v) is 16.6. The first-order valence-electron chi connectivity index (χ1n) is 20.1. The summed E-state index contributed by atoms with van der Waals surface area (Å²) in [6.45, 7) is 30.3. The summed E-state index contributed by atoms with van der Waals surface area (Å²) in [6.07, 6.45) is 7.96. The van der Waals surface area contributed by atoms with Crippen LogP contribution in [-0.4, -0.2) is 69.3 Å². The number of anilines is 1. The van der Waals surface area contributed by atoms with Gasteiger partial charge in [0.15, 0.2) is 0 Å². The second-order valence-electron chi connectivity index (χ2n) is 20.2. The second kappa shape index (κ2) is 13.1. The average Bonchev–Trinajstić information content (AvgIpc) is 3.48. The molecule has 1 aliphatic heterocycles. The third kappa shape index (κ3) is 5.73. The molecule has 6 rings (SSSR count). The summed E-state index contributed by atoms with van der Waals surface area (Å²) in [6, 6.07) is -0.171. The lowest BCUT2D eigenvalue weighted by Crippen LogP contribution is -2.69. The first-order chi connectivity index (χ1) is 23.7. The molecule has 2 bridgehead atoms. The Morgan fingerprint density at radius 2 is 1.80 bits per heavy atom. The number of nitrogens with two attached hydrogens (primary N) is 1. The molecular weight excluding hydrogens is 640 g/mol. The zero-order valence-electron chi connectivity index (χ0n) is 33.9. The highest BCUT2D eigenvalue weighted by Crippen LogP contribution is 2.75. The zero-order valence-corrected chi connectivity index (χ0v) is 33.9. The van der Waals surface area contributed by atoms with Crippen LogP contribution < -0.4 is 11.1 Å². The summed E-state index contributed by atoms with van der Waals surface area (Å²) in [5.41, 5.74) is 6.11. The van der Waals surface area contributed by atoms with E-state index in [1.165, 1.54) is 5.57 Å². The number of aromatic nitrogens is 4. The Morgan fingerprint density at radius 3 is 2.39 bits per heavy atom. The predicted molar refractivity (Wildman–Crippen MR) is 201 cm³/mol.